The number of hydrogen-bond donors (Lipinski definition) is 2. The maximum atomic E-state index is 11.5. The number of amides is 1. The van der Waals surface area contributed by atoms with Gasteiger partial charge < -0.3 is 10.4 Å². The molecule has 17 heavy (non-hydrogen) atoms. The van der Waals surface area contributed by atoms with Crippen molar-refractivity contribution in [3.8, 4) is 0 Å². The number of carbonyl (C=O) groups is 2. The van der Waals surface area contributed by atoms with Gasteiger partial charge in [0.25, 0.3) is 0 Å². The van der Waals surface area contributed by atoms with Gasteiger partial charge in [0, 0.05) is 18.5 Å². The predicted octanol–water partition coefficient (Wildman–Crippen LogP) is 2.66. The molecular formula is C13H17NO3. The third-order valence-corrected chi connectivity index (χ3v) is 2.35. The first-order valence-corrected chi connectivity index (χ1v) is 5.75. The van der Waals surface area contributed by atoms with Crippen LogP contribution in [0, 0.1) is 0 Å². The van der Waals surface area contributed by atoms with Crippen LogP contribution in [0.15, 0.2) is 30.3 Å². The number of carboxylic acids is 1. The van der Waals surface area contributed by atoms with Crippen LogP contribution in [0.4, 0.5) is 5.69 Å². The second-order valence-corrected chi connectivity index (χ2v) is 3.87. The molecule has 0 fully saturated rings. The molecule has 0 bridgehead atoms. The molecule has 1 amide bonds. The highest BCUT2D eigenvalue weighted by Gasteiger charge is 2.02. The molecule has 0 aliphatic carbocycles. The molecule has 0 aromatic heterocycles. The van der Waals surface area contributed by atoms with Gasteiger partial charge in [0.15, 0.2) is 0 Å². The van der Waals surface area contributed by atoms with Crippen molar-refractivity contribution in [1.82, 2.24) is 0 Å². The first kappa shape index (κ1) is 13.2. The van der Waals surface area contributed by atoms with Crippen LogP contribution in [0.25, 0.3) is 0 Å². The number of carboxylic acid groups (broad SMARTS) is 1. The zero-order valence-electron chi connectivity index (χ0n) is 9.69. The second kappa shape index (κ2) is 7.44. The monoisotopic (exact) mass is 235 g/mol. The lowest BCUT2D eigenvalue weighted by molar-refractivity contribution is -0.137. The van der Waals surface area contributed by atoms with E-state index in [1.54, 1.807) is 0 Å². The highest BCUT2D eigenvalue weighted by atomic mass is 16.4. The standard InChI is InChI=1S/C13H17NO3/c15-12(9-5-2-6-10-13(16)17)14-11-7-3-1-4-8-11/h1,3-4,7-8H,2,5-6,9-10H2,(H,14,15)(H,16,17). The quantitative estimate of drug-likeness (QED) is 0.714. The van der Waals surface area contributed by atoms with Crippen LogP contribution >= 0.6 is 0 Å². The lowest BCUT2D eigenvalue weighted by Gasteiger charge is -2.04. The molecule has 2 N–H and O–H groups in total. The first-order chi connectivity index (χ1) is 8.18. The molecule has 0 atom stereocenters. The number of anilines is 1. The van der Waals surface area contributed by atoms with E-state index in [4.69, 9.17) is 5.11 Å². The van der Waals surface area contributed by atoms with Gasteiger partial charge in [-0.05, 0) is 25.0 Å². The minimum absolute atomic E-state index is 0.0217. The Morgan fingerprint density at radius 1 is 1.00 bits per heavy atom. The zero-order chi connectivity index (χ0) is 12.5. The molecule has 4 heteroatoms. The molecule has 0 aliphatic heterocycles. The Bertz CT molecular complexity index is 362. The van der Waals surface area contributed by atoms with Crippen molar-refractivity contribution in [2.75, 3.05) is 5.32 Å². The minimum atomic E-state index is -0.779. The van der Waals surface area contributed by atoms with E-state index in [1.165, 1.54) is 0 Å². The van der Waals surface area contributed by atoms with E-state index in [9.17, 15) is 9.59 Å². The van der Waals surface area contributed by atoms with Crippen molar-refractivity contribution < 1.29 is 14.7 Å². The first-order valence-electron chi connectivity index (χ1n) is 5.75. The molecule has 0 unspecified atom stereocenters. The predicted molar refractivity (Wildman–Crippen MR) is 65.8 cm³/mol. The van der Waals surface area contributed by atoms with Crippen molar-refractivity contribution in [3.05, 3.63) is 30.3 Å². The number of aliphatic carboxylic acids is 1. The van der Waals surface area contributed by atoms with E-state index < -0.39 is 5.97 Å². The zero-order valence-corrected chi connectivity index (χ0v) is 9.69. The normalized spacial score (nSPS) is 9.88. The topological polar surface area (TPSA) is 66.4 Å². The Kier molecular flexibility index (Phi) is 5.79. The van der Waals surface area contributed by atoms with Crippen LogP contribution in [0.3, 0.4) is 0 Å². The van der Waals surface area contributed by atoms with Gasteiger partial charge >= 0.3 is 5.97 Å². The second-order valence-electron chi connectivity index (χ2n) is 3.87. The molecular weight excluding hydrogens is 218 g/mol. The average molecular weight is 235 g/mol. The van der Waals surface area contributed by atoms with Crippen molar-refractivity contribution in [2.24, 2.45) is 0 Å². The Morgan fingerprint density at radius 3 is 2.29 bits per heavy atom. The fourth-order valence-corrected chi connectivity index (χ4v) is 1.48. The Labute approximate surface area is 101 Å². The number of para-hydroxylation sites is 1. The Hall–Kier alpha value is -1.84. The SMILES string of the molecule is O=C(O)CCCCCC(=O)Nc1ccccc1. The third kappa shape index (κ3) is 6.35. The summed E-state index contributed by atoms with van der Waals surface area (Å²) in [5.74, 6) is -0.801. The lowest BCUT2D eigenvalue weighted by Crippen LogP contribution is -2.10. The van der Waals surface area contributed by atoms with Gasteiger partial charge in [-0.1, -0.05) is 24.6 Å². The number of rotatable bonds is 7. The summed E-state index contributed by atoms with van der Waals surface area (Å²) in [5, 5.41) is 11.2. The molecule has 92 valence electrons. The summed E-state index contributed by atoms with van der Waals surface area (Å²) in [7, 11) is 0. The van der Waals surface area contributed by atoms with Crippen LogP contribution in [0.2, 0.25) is 0 Å². The summed E-state index contributed by atoms with van der Waals surface area (Å²) in [6.07, 6.45) is 2.75. The molecule has 4 nitrogen and oxygen atoms in total. The summed E-state index contributed by atoms with van der Waals surface area (Å²) >= 11 is 0. The maximum Gasteiger partial charge on any atom is 0.303 e. The van der Waals surface area contributed by atoms with Crippen molar-refractivity contribution in [3.63, 3.8) is 0 Å². The Morgan fingerprint density at radius 2 is 1.65 bits per heavy atom. The van der Waals surface area contributed by atoms with Gasteiger partial charge in [-0.25, -0.2) is 0 Å². The van der Waals surface area contributed by atoms with E-state index in [0.717, 1.165) is 18.5 Å². The van der Waals surface area contributed by atoms with Crippen LogP contribution in [0.1, 0.15) is 32.1 Å². The summed E-state index contributed by atoms with van der Waals surface area (Å²) < 4.78 is 0. The van der Waals surface area contributed by atoms with Crippen LogP contribution in [-0.2, 0) is 9.59 Å². The van der Waals surface area contributed by atoms with E-state index in [1.807, 2.05) is 30.3 Å². The number of carbonyl (C=O) groups excluding carboxylic acids is 1. The molecule has 1 aromatic rings. The number of nitrogens with one attached hydrogen (secondary N) is 1. The number of hydrogen-bond acceptors (Lipinski definition) is 2. The summed E-state index contributed by atoms with van der Waals surface area (Å²) in [6, 6.07) is 9.29. The van der Waals surface area contributed by atoms with Gasteiger partial charge in [0.05, 0.1) is 0 Å². The van der Waals surface area contributed by atoms with E-state index in [-0.39, 0.29) is 12.3 Å². The summed E-state index contributed by atoms with van der Waals surface area (Å²) in [5.41, 5.74) is 0.794. The fraction of sp³-hybridized carbons (Fsp3) is 0.385. The molecule has 1 rings (SSSR count). The van der Waals surface area contributed by atoms with Crippen molar-refractivity contribution in [2.45, 2.75) is 32.1 Å². The van der Waals surface area contributed by atoms with Crippen LogP contribution < -0.4 is 5.32 Å². The van der Waals surface area contributed by atoms with E-state index in [2.05, 4.69) is 5.32 Å². The smallest absolute Gasteiger partial charge is 0.303 e. The van der Waals surface area contributed by atoms with Gasteiger partial charge in [-0.15, -0.1) is 0 Å². The molecule has 0 radical (unpaired) electrons. The van der Waals surface area contributed by atoms with Gasteiger partial charge in [-0.2, -0.15) is 0 Å². The third-order valence-electron chi connectivity index (χ3n) is 2.35. The van der Waals surface area contributed by atoms with Crippen molar-refractivity contribution >= 4 is 17.6 Å². The minimum Gasteiger partial charge on any atom is -0.481 e. The summed E-state index contributed by atoms with van der Waals surface area (Å²) in [6.45, 7) is 0. The van der Waals surface area contributed by atoms with E-state index in [0.29, 0.717) is 12.8 Å². The number of unbranched alkanes of at least 4 members (excludes halogenated alkanes) is 2. The fourth-order valence-electron chi connectivity index (χ4n) is 1.48. The largest absolute Gasteiger partial charge is 0.481 e. The Balaban J connectivity index is 2.12. The molecule has 0 saturated heterocycles. The molecule has 0 heterocycles. The average Bonchev–Trinajstić information content (AvgIpc) is 2.29. The molecule has 0 saturated carbocycles. The number of benzene rings is 1. The lowest BCUT2D eigenvalue weighted by atomic mass is 10.1. The molecule has 0 spiro atoms. The van der Waals surface area contributed by atoms with Crippen molar-refractivity contribution in [1.29, 1.82) is 0 Å². The summed E-state index contributed by atoms with van der Waals surface area (Å²) in [4.78, 5) is 21.7. The molecule has 0 aliphatic rings. The highest BCUT2D eigenvalue weighted by Crippen LogP contribution is 2.08. The van der Waals surface area contributed by atoms with Gasteiger partial charge in [0.2, 0.25) is 5.91 Å². The molecule has 1 aromatic carbocycles. The highest BCUT2D eigenvalue weighted by molar-refractivity contribution is 5.90. The van der Waals surface area contributed by atoms with Gasteiger partial charge in [0.1, 0.15) is 0 Å². The van der Waals surface area contributed by atoms with Crippen LogP contribution in [0.5, 0.6) is 0 Å². The maximum absolute atomic E-state index is 11.5. The van der Waals surface area contributed by atoms with Gasteiger partial charge in [-0.3, -0.25) is 9.59 Å². The van der Waals surface area contributed by atoms with Crippen LogP contribution in [-0.4, -0.2) is 17.0 Å². The van der Waals surface area contributed by atoms with E-state index >= 15 is 0 Å².